The van der Waals surface area contributed by atoms with Crippen molar-refractivity contribution in [1.82, 2.24) is 5.01 Å². The third-order valence-electron chi connectivity index (χ3n) is 5.48. The molecule has 4 nitrogen and oxygen atoms in total. The van der Waals surface area contributed by atoms with Gasteiger partial charge in [-0.3, -0.25) is 4.79 Å². The van der Waals surface area contributed by atoms with Crippen molar-refractivity contribution in [3.8, 4) is 11.5 Å². The molecule has 29 heavy (non-hydrogen) atoms. The summed E-state index contributed by atoms with van der Waals surface area (Å²) in [6.07, 6.45) is 0.700. The van der Waals surface area contributed by atoms with Crippen molar-refractivity contribution in [2.75, 3.05) is 0 Å². The van der Waals surface area contributed by atoms with E-state index >= 15 is 0 Å². The first-order chi connectivity index (χ1) is 14.2. The Morgan fingerprint density at radius 3 is 2.59 bits per heavy atom. The van der Waals surface area contributed by atoms with Crippen LogP contribution in [0.3, 0.4) is 0 Å². The number of hydrogen-bond donors (Lipinski definition) is 0. The average Bonchev–Trinajstić information content (AvgIpc) is 3.43. The molecule has 0 N–H and O–H groups in total. The smallest absolute Gasteiger partial charge is 0.274 e. The van der Waals surface area contributed by atoms with Gasteiger partial charge in [-0.15, -0.1) is 11.3 Å². The van der Waals surface area contributed by atoms with Crippen LogP contribution in [0.2, 0.25) is 0 Å². The van der Waals surface area contributed by atoms with Gasteiger partial charge in [-0.05, 0) is 70.2 Å². The van der Waals surface area contributed by atoms with E-state index in [9.17, 15) is 4.79 Å². The van der Waals surface area contributed by atoms with Crippen LogP contribution in [0.1, 0.15) is 33.3 Å². The van der Waals surface area contributed by atoms with Crippen LogP contribution in [0.5, 0.6) is 11.5 Å². The van der Waals surface area contributed by atoms with Crippen molar-refractivity contribution in [1.29, 1.82) is 0 Å². The van der Waals surface area contributed by atoms with Crippen molar-refractivity contribution < 1.29 is 9.53 Å². The Hall–Kier alpha value is -3.44. The zero-order chi connectivity index (χ0) is 19.4. The summed E-state index contributed by atoms with van der Waals surface area (Å²) < 4.78 is 5.99. The SMILES string of the molecule is O=C1c2ccc(cc2)Oc2ccc3ccc(cc3c2)C2CC(c3cccs3)=NN12. The Morgan fingerprint density at radius 1 is 0.931 bits per heavy atom. The Morgan fingerprint density at radius 2 is 1.76 bits per heavy atom. The minimum Gasteiger partial charge on any atom is -0.457 e. The number of carbonyl (C=O) groups is 1. The van der Waals surface area contributed by atoms with E-state index in [1.807, 2.05) is 35.7 Å². The largest absolute Gasteiger partial charge is 0.457 e. The summed E-state index contributed by atoms with van der Waals surface area (Å²) in [5, 5.41) is 10.7. The van der Waals surface area contributed by atoms with Gasteiger partial charge in [-0.1, -0.05) is 24.3 Å². The zero-order valence-corrected chi connectivity index (χ0v) is 16.2. The number of benzene rings is 3. The van der Waals surface area contributed by atoms with Gasteiger partial charge in [0.1, 0.15) is 11.5 Å². The molecule has 1 atom stereocenters. The minimum absolute atomic E-state index is 0.0980. The standard InChI is InChI=1S/C24H16N2O2S/c27-24-16-6-8-19(9-7-16)28-20-10-5-15-3-4-17(12-18(15)13-20)22-14-21(25-26(22)24)23-2-1-11-29-23/h1-13,22H,14H2. The number of fused-ring (bicyclic) bond motifs is 2. The molecule has 5 heteroatoms. The molecule has 140 valence electrons. The topological polar surface area (TPSA) is 41.9 Å². The van der Waals surface area contributed by atoms with Crippen molar-refractivity contribution in [2.24, 2.45) is 5.10 Å². The van der Waals surface area contributed by atoms with E-state index in [2.05, 4.69) is 30.3 Å². The molecule has 0 saturated heterocycles. The van der Waals surface area contributed by atoms with Crippen LogP contribution in [-0.4, -0.2) is 16.6 Å². The van der Waals surface area contributed by atoms with E-state index in [-0.39, 0.29) is 11.9 Å². The van der Waals surface area contributed by atoms with Gasteiger partial charge in [0.15, 0.2) is 0 Å². The number of amides is 1. The van der Waals surface area contributed by atoms with Crippen LogP contribution >= 0.6 is 11.3 Å². The van der Waals surface area contributed by atoms with E-state index < -0.39 is 0 Å². The molecule has 1 unspecified atom stereocenters. The second-order valence-corrected chi connectivity index (χ2v) is 8.24. The maximum Gasteiger partial charge on any atom is 0.274 e. The van der Waals surface area contributed by atoms with Crippen molar-refractivity contribution >= 4 is 33.7 Å². The molecule has 1 aromatic heterocycles. The lowest BCUT2D eigenvalue weighted by Crippen LogP contribution is -2.27. The highest BCUT2D eigenvalue weighted by atomic mass is 32.1. The monoisotopic (exact) mass is 396 g/mol. The van der Waals surface area contributed by atoms with Gasteiger partial charge in [-0.25, -0.2) is 5.01 Å². The van der Waals surface area contributed by atoms with Gasteiger partial charge in [0.25, 0.3) is 5.91 Å². The average molecular weight is 396 g/mol. The number of carbonyl (C=O) groups excluding carboxylic acids is 1. The van der Waals surface area contributed by atoms with Crippen LogP contribution in [0.15, 0.2) is 83.3 Å². The second-order valence-electron chi connectivity index (χ2n) is 7.29. The van der Waals surface area contributed by atoms with Crippen LogP contribution < -0.4 is 4.74 Å². The van der Waals surface area contributed by atoms with E-state index in [4.69, 9.17) is 9.84 Å². The number of ether oxygens (including phenoxy) is 1. The Labute approximate surface area is 171 Å². The van der Waals surface area contributed by atoms with Gasteiger partial charge >= 0.3 is 0 Å². The first kappa shape index (κ1) is 16.5. The van der Waals surface area contributed by atoms with E-state index in [0.717, 1.165) is 32.7 Å². The van der Waals surface area contributed by atoms with Gasteiger partial charge < -0.3 is 4.74 Å². The van der Waals surface area contributed by atoms with Crippen LogP contribution in [-0.2, 0) is 0 Å². The summed E-state index contributed by atoms with van der Waals surface area (Å²) in [6.45, 7) is 0. The number of thiophene rings is 1. The number of hydrogen-bond acceptors (Lipinski definition) is 4. The van der Waals surface area contributed by atoms with E-state index in [1.54, 1.807) is 28.5 Å². The summed E-state index contributed by atoms with van der Waals surface area (Å²) in [7, 11) is 0. The van der Waals surface area contributed by atoms with Gasteiger partial charge in [0.2, 0.25) is 0 Å². The Balaban J connectivity index is 1.56. The third kappa shape index (κ3) is 2.74. The predicted octanol–water partition coefficient (Wildman–Crippen LogP) is 6.00. The molecule has 0 aliphatic carbocycles. The fourth-order valence-corrected chi connectivity index (χ4v) is 4.72. The molecule has 0 radical (unpaired) electrons. The summed E-state index contributed by atoms with van der Waals surface area (Å²) in [5.41, 5.74) is 2.64. The maximum absolute atomic E-state index is 13.3. The molecule has 4 aromatic rings. The molecule has 3 aliphatic heterocycles. The normalized spacial score (nSPS) is 17.7. The van der Waals surface area contributed by atoms with Gasteiger partial charge in [0.05, 0.1) is 16.6 Å². The molecular formula is C24H16N2O2S. The van der Waals surface area contributed by atoms with Crippen molar-refractivity contribution in [3.05, 3.63) is 94.2 Å². The van der Waals surface area contributed by atoms with Gasteiger partial charge in [-0.2, -0.15) is 5.10 Å². The lowest BCUT2D eigenvalue weighted by molar-refractivity contribution is 0.0711. The molecule has 0 saturated carbocycles. The fourth-order valence-electron chi connectivity index (χ4n) is 4.00. The highest BCUT2D eigenvalue weighted by molar-refractivity contribution is 7.12. The highest BCUT2D eigenvalue weighted by Crippen LogP contribution is 2.37. The van der Waals surface area contributed by atoms with E-state index in [0.29, 0.717) is 17.7 Å². The third-order valence-corrected chi connectivity index (χ3v) is 6.40. The van der Waals surface area contributed by atoms with Crippen LogP contribution in [0.4, 0.5) is 0 Å². The summed E-state index contributed by atoms with van der Waals surface area (Å²) in [5.74, 6) is 1.39. The quantitative estimate of drug-likeness (QED) is 0.396. The number of nitrogens with zero attached hydrogens (tertiary/aromatic N) is 2. The molecule has 0 fully saturated rings. The molecule has 4 heterocycles. The summed E-state index contributed by atoms with van der Waals surface area (Å²) in [6, 6.07) is 23.7. The summed E-state index contributed by atoms with van der Waals surface area (Å²) >= 11 is 1.65. The van der Waals surface area contributed by atoms with Crippen LogP contribution in [0, 0.1) is 0 Å². The Bertz CT molecular complexity index is 1280. The fraction of sp³-hybridized carbons (Fsp3) is 0.0833. The molecular weight excluding hydrogens is 380 g/mol. The first-order valence-electron chi connectivity index (χ1n) is 9.51. The second kappa shape index (κ2) is 6.29. The molecule has 3 aliphatic rings. The highest BCUT2D eigenvalue weighted by Gasteiger charge is 2.34. The van der Waals surface area contributed by atoms with Crippen molar-refractivity contribution in [2.45, 2.75) is 12.5 Å². The molecule has 7 rings (SSSR count). The van der Waals surface area contributed by atoms with Crippen LogP contribution in [0.25, 0.3) is 10.8 Å². The zero-order valence-electron chi connectivity index (χ0n) is 15.4. The first-order valence-corrected chi connectivity index (χ1v) is 10.4. The van der Waals surface area contributed by atoms with Crippen molar-refractivity contribution in [3.63, 3.8) is 0 Å². The molecule has 3 aromatic carbocycles. The lowest BCUT2D eigenvalue weighted by atomic mass is 9.97. The molecule has 1 amide bonds. The van der Waals surface area contributed by atoms with Gasteiger partial charge in [0, 0.05) is 12.0 Å². The number of hydrazone groups is 1. The molecule has 0 spiro atoms. The summed E-state index contributed by atoms with van der Waals surface area (Å²) in [4.78, 5) is 14.5. The lowest BCUT2D eigenvalue weighted by Gasteiger charge is -2.22. The predicted molar refractivity (Wildman–Crippen MR) is 115 cm³/mol. The minimum atomic E-state index is -0.131. The Kier molecular flexibility index (Phi) is 3.58. The number of rotatable bonds is 1. The maximum atomic E-state index is 13.3. The molecule has 5 bridgehead atoms. The van der Waals surface area contributed by atoms with E-state index in [1.165, 1.54) is 0 Å².